The predicted octanol–water partition coefficient (Wildman–Crippen LogP) is 3.68. The van der Waals surface area contributed by atoms with Crippen molar-refractivity contribution < 1.29 is 14.3 Å². The highest BCUT2D eigenvalue weighted by Crippen LogP contribution is 2.29. The average Bonchev–Trinajstić information content (AvgIpc) is 3.12. The van der Waals surface area contributed by atoms with E-state index in [9.17, 15) is 4.79 Å². The van der Waals surface area contributed by atoms with E-state index < -0.39 is 5.54 Å². The molecule has 0 saturated carbocycles. The van der Waals surface area contributed by atoms with Gasteiger partial charge in [0.2, 0.25) is 0 Å². The van der Waals surface area contributed by atoms with Crippen molar-refractivity contribution in [2.45, 2.75) is 32.9 Å². The molecule has 1 atom stereocenters. The highest BCUT2D eigenvalue weighted by Gasteiger charge is 2.29. The number of carbonyl (C=O) groups is 1. The molecule has 0 fully saturated rings. The van der Waals surface area contributed by atoms with E-state index in [2.05, 4.69) is 10.3 Å². The molecule has 3 N–H and O–H groups in total. The fourth-order valence-electron chi connectivity index (χ4n) is 2.15. The number of nitrogens with two attached hydrogens (primary N) is 1. The van der Waals surface area contributed by atoms with Crippen LogP contribution in [0.25, 0.3) is 0 Å². The number of aromatic nitrogens is 1. The second kappa shape index (κ2) is 11.3. The Morgan fingerprint density at radius 2 is 2.04 bits per heavy atom. The lowest BCUT2D eigenvalue weighted by atomic mass is 9.88. The SMILES string of the molecule is COc1cc(C(=O)NC(C)(CN)C(C)C)ccc1OCc1cscn1.Cl.Cl. The molecule has 1 aromatic heterocycles. The summed E-state index contributed by atoms with van der Waals surface area (Å²) in [7, 11) is 1.55. The van der Waals surface area contributed by atoms with Crippen LogP contribution in [-0.2, 0) is 6.61 Å². The van der Waals surface area contributed by atoms with Crippen LogP contribution in [-0.4, -0.2) is 30.1 Å². The van der Waals surface area contributed by atoms with Crippen molar-refractivity contribution in [3.05, 3.63) is 40.3 Å². The third-order valence-electron chi connectivity index (χ3n) is 4.38. The van der Waals surface area contributed by atoms with Crippen LogP contribution in [0.4, 0.5) is 0 Å². The number of hydrogen-bond donors (Lipinski definition) is 2. The summed E-state index contributed by atoms with van der Waals surface area (Å²) in [4.78, 5) is 16.8. The number of rotatable bonds is 8. The van der Waals surface area contributed by atoms with E-state index in [-0.39, 0.29) is 36.6 Å². The molecule has 9 heteroatoms. The van der Waals surface area contributed by atoms with Crippen molar-refractivity contribution in [2.24, 2.45) is 11.7 Å². The van der Waals surface area contributed by atoms with Gasteiger partial charge in [0.05, 0.1) is 23.9 Å². The number of benzene rings is 1. The van der Waals surface area contributed by atoms with Crippen LogP contribution < -0.4 is 20.5 Å². The topological polar surface area (TPSA) is 86.5 Å². The van der Waals surface area contributed by atoms with E-state index in [4.69, 9.17) is 15.2 Å². The Kier molecular flexibility index (Phi) is 10.7. The molecule has 0 aliphatic rings. The quantitative estimate of drug-likeness (QED) is 0.660. The molecule has 27 heavy (non-hydrogen) atoms. The van der Waals surface area contributed by atoms with Gasteiger partial charge >= 0.3 is 0 Å². The molecule has 2 aromatic rings. The smallest absolute Gasteiger partial charge is 0.251 e. The van der Waals surface area contributed by atoms with Crippen LogP contribution >= 0.6 is 36.2 Å². The highest BCUT2D eigenvalue weighted by atomic mass is 35.5. The molecule has 0 aliphatic heterocycles. The van der Waals surface area contributed by atoms with Crippen molar-refractivity contribution in [1.29, 1.82) is 0 Å². The highest BCUT2D eigenvalue weighted by molar-refractivity contribution is 7.07. The molecule has 1 unspecified atom stereocenters. The Hall–Kier alpha value is -1.54. The normalized spacial score (nSPS) is 12.4. The minimum atomic E-state index is -0.468. The van der Waals surface area contributed by atoms with Crippen LogP contribution in [0.2, 0.25) is 0 Å². The molecule has 0 bridgehead atoms. The standard InChI is InChI=1S/C18H25N3O3S.2ClH/c1-12(2)18(3,10-19)21-17(22)13-5-6-15(16(7-13)23-4)24-8-14-9-25-11-20-14;;/h5-7,9,11-12H,8,10,19H2,1-4H3,(H,21,22);2*1H. The summed E-state index contributed by atoms with van der Waals surface area (Å²) in [5, 5.41) is 4.94. The molecule has 152 valence electrons. The molecule has 0 saturated heterocycles. The lowest BCUT2D eigenvalue weighted by molar-refractivity contribution is 0.0882. The molecule has 0 radical (unpaired) electrons. The summed E-state index contributed by atoms with van der Waals surface area (Å²) in [6.07, 6.45) is 0. The first-order valence-corrected chi connectivity index (χ1v) is 9.04. The molecule has 1 aromatic carbocycles. The maximum absolute atomic E-state index is 12.6. The lowest BCUT2D eigenvalue weighted by Gasteiger charge is -2.33. The first-order valence-electron chi connectivity index (χ1n) is 8.10. The van der Waals surface area contributed by atoms with E-state index in [0.717, 1.165) is 5.69 Å². The van der Waals surface area contributed by atoms with Gasteiger partial charge in [-0.1, -0.05) is 13.8 Å². The molecular weight excluding hydrogens is 409 g/mol. The van der Waals surface area contributed by atoms with Gasteiger partial charge < -0.3 is 20.5 Å². The predicted molar refractivity (Wildman–Crippen MR) is 114 cm³/mol. The monoisotopic (exact) mass is 435 g/mol. The van der Waals surface area contributed by atoms with Crippen molar-refractivity contribution >= 4 is 42.1 Å². The number of hydrogen-bond acceptors (Lipinski definition) is 6. The molecular formula is C18H27Cl2N3O3S. The summed E-state index contributed by atoms with van der Waals surface area (Å²) < 4.78 is 11.1. The van der Waals surface area contributed by atoms with Gasteiger partial charge in [0, 0.05) is 17.5 Å². The van der Waals surface area contributed by atoms with Crippen LogP contribution in [0.15, 0.2) is 29.1 Å². The largest absolute Gasteiger partial charge is 0.493 e. The second-order valence-corrected chi connectivity index (χ2v) is 7.08. The van der Waals surface area contributed by atoms with Gasteiger partial charge in [-0.2, -0.15) is 0 Å². The maximum atomic E-state index is 12.6. The Balaban J connectivity index is 0.00000338. The zero-order chi connectivity index (χ0) is 18.4. The minimum Gasteiger partial charge on any atom is -0.493 e. The van der Waals surface area contributed by atoms with Crippen molar-refractivity contribution in [2.75, 3.05) is 13.7 Å². The third kappa shape index (κ3) is 6.53. The Morgan fingerprint density at radius 1 is 1.33 bits per heavy atom. The van der Waals surface area contributed by atoms with Gasteiger partial charge in [-0.3, -0.25) is 4.79 Å². The number of nitrogens with one attached hydrogen (secondary N) is 1. The number of nitrogens with zero attached hydrogens (tertiary/aromatic N) is 1. The van der Waals surface area contributed by atoms with Gasteiger partial charge in [-0.05, 0) is 31.0 Å². The summed E-state index contributed by atoms with van der Waals surface area (Å²) in [6, 6.07) is 5.11. The lowest BCUT2D eigenvalue weighted by Crippen LogP contribution is -2.55. The molecule has 2 rings (SSSR count). The third-order valence-corrected chi connectivity index (χ3v) is 5.02. The van der Waals surface area contributed by atoms with Gasteiger partial charge in [0.15, 0.2) is 11.5 Å². The van der Waals surface area contributed by atoms with Gasteiger partial charge in [-0.25, -0.2) is 4.98 Å². The van der Waals surface area contributed by atoms with Crippen LogP contribution in [0.3, 0.4) is 0 Å². The van der Waals surface area contributed by atoms with E-state index in [1.165, 1.54) is 11.3 Å². The first kappa shape index (κ1) is 25.5. The molecule has 6 nitrogen and oxygen atoms in total. The van der Waals surface area contributed by atoms with E-state index in [1.54, 1.807) is 30.8 Å². The number of halogens is 2. The van der Waals surface area contributed by atoms with E-state index >= 15 is 0 Å². The summed E-state index contributed by atoms with van der Waals surface area (Å²) in [5.74, 6) is 1.09. The van der Waals surface area contributed by atoms with E-state index in [1.807, 2.05) is 26.2 Å². The summed E-state index contributed by atoms with van der Waals surface area (Å²) >= 11 is 1.52. The summed E-state index contributed by atoms with van der Waals surface area (Å²) in [5.41, 5.74) is 8.47. The van der Waals surface area contributed by atoms with Gasteiger partial charge in [0.1, 0.15) is 6.61 Å². The number of methoxy groups -OCH3 is 1. The molecule has 1 heterocycles. The number of thiazole rings is 1. The average molecular weight is 436 g/mol. The zero-order valence-corrected chi connectivity index (χ0v) is 18.3. The Bertz CT molecular complexity index is 714. The number of carbonyl (C=O) groups excluding carboxylic acids is 1. The zero-order valence-electron chi connectivity index (χ0n) is 15.9. The molecule has 1 amide bonds. The van der Waals surface area contributed by atoms with Crippen molar-refractivity contribution in [3.63, 3.8) is 0 Å². The second-order valence-electron chi connectivity index (χ2n) is 6.36. The van der Waals surface area contributed by atoms with E-state index in [0.29, 0.717) is 30.2 Å². The van der Waals surface area contributed by atoms with Crippen LogP contribution in [0, 0.1) is 5.92 Å². The number of ether oxygens (including phenoxy) is 2. The van der Waals surface area contributed by atoms with Crippen LogP contribution in [0.1, 0.15) is 36.8 Å². The van der Waals surface area contributed by atoms with Crippen molar-refractivity contribution in [3.8, 4) is 11.5 Å². The Labute approximate surface area is 176 Å². The first-order chi connectivity index (χ1) is 11.9. The number of amides is 1. The van der Waals surface area contributed by atoms with Gasteiger partial charge in [-0.15, -0.1) is 36.2 Å². The van der Waals surface area contributed by atoms with Gasteiger partial charge in [0.25, 0.3) is 5.91 Å². The fraction of sp³-hybridized carbons (Fsp3) is 0.444. The summed E-state index contributed by atoms with van der Waals surface area (Å²) in [6.45, 7) is 6.72. The molecule has 0 spiro atoms. The fourth-order valence-corrected chi connectivity index (χ4v) is 2.69. The minimum absolute atomic E-state index is 0. The molecule has 0 aliphatic carbocycles. The van der Waals surface area contributed by atoms with Crippen LogP contribution in [0.5, 0.6) is 11.5 Å². The maximum Gasteiger partial charge on any atom is 0.251 e. The Morgan fingerprint density at radius 3 is 2.56 bits per heavy atom. The van der Waals surface area contributed by atoms with Crippen molar-refractivity contribution in [1.82, 2.24) is 10.3 Å².